The minimum atomic E-state index is -0.647. The van der Waals surface area contributed by atoms with Crippen molar-refractivity contribution in [3.63, 3.8) is 0 Å². The van der Waals surface area contributed by atoms with Crippen molar-refractivity contribution in [1.82, 2.24) is 10.3 Å². The Balaban J connectivity index is 2.47. The molecule has 6 nitrogen and oxygen atoms in total. The number of nitrogens with one attached hydrogen (secondary N) is 1. The van der Waals surface area contributed by atoms with Crippen LogP contribution in [0.5, 0.6) is 0 Å². The third kappa shape index (κ3) is 3.20. The first-order valence-corrected chi connectivity index (χ1v) is 5.58. The van der Waals surface area contributed by atoms with E-state index in [2.05, 4.69) is 15.5 Å². The molecule has 1 atom stereocenters. The molecule has 1 heterocycles. The Kier molecular flexibility index (Phi) is 4.24. The van der Waals surface area contributed by atoms with Crippen molar-refractivity contribution in [2.45, 2.75) is 20.4 Å². The summed E-state index contributed by atoms with van der Waals surface area (Å²) in [6.07, 6.45) is 0. The van der Waals surface area contributed by atoms with Crippen molar-refractivity contribution >= 4 is 23.1 Å². The monoisotopic (exact) mass is 242 g/mol. The van der Waals surface area contributed by atoms with Gasteiger partial charge < -0.3 is 16.3 Å². The van der Waals surface area contributed by atoms with Crippen molar-refractivity contribution in [2.24, 2.45) is 16.8 Å². The van der Waals surface area contributed by atoms with E-state index in [1.165, 1.54) is 11.3 Å². The van der Waals surface area contributed by atoms with Gasteiger partial charge in [-0.3, -0.25) is 4.79 Å². The van der Waals surface area contributed by atoms with Crippen LogP contribution in [0, 0.1) is 12.8 Å². The quantitative estimate of drug-likeness (QED) is 0.309. The maximum Gasteiger partial charge on any atom is 0.230 e. The summed E-state index contributed by atoms with van der Waals surface area (Å²) in [5.74, 6) is -1.04. The highest BCUT2D eigenvalue weighted by molar-refractivity contribution is 7.09. The molecule has 16 heavy (non-hydrogen) atoms. The standard InChI is InChI=1S/C9H14N4O2S/c1-5-4-16-7(12-5)3-11-9(14)6(2)8(10)13-15/h4,6,15H,3H2,1-2H3,(H2,10,13)(H,11,14). The number of hydrogen-bond donors (Lipinski definition) is 3. The summed E-state index contributed by atoms with van der Waals surface area (Å²) in [6.45, 7) is 3.82. The molecule has 1 unspecified atom stereocenters. The van der Waals surface area contributed by atoms with Crippen LogP contribution in [0.1, 0.15) is 17.6 Å². The molecule has 1 aromatic rings. The van der Waals surface area contributed by atoms with E-state index < -0.39 is 5.92 Å². The molecule has 0 saturated heterocycles. The lowest BCUT2D eigenvalue weighted by Gasteiger charge is -2.09. The van der Waals surface area contributed by atoms with Crippen LogP contribution in [-0.4, -0.2) is 21.9 Å². The zero-order chi connectivity index (χ0) is 12.1. The van der Waals surface area contributed by atoms with Crippen molar-refractivity contribution < 1.29 is 10.0 Å². The predicted octanol–water partition coefficient (Wildman–Crippen LogP) is 0.450. The Bertz CT molecular complexity index is 402. The van der Waals surface area contributed by atoms with Crippen molar-refractivity contribution in [2.75, 3.05) is 0 Å². The summed E-state index contributed by atoms with van der Waals surface area (Å²) < 4.78 is 0. The fourth-order valence-electron chi connectivity index (χ4n) is 1.02. The number of oxime groups is 1. The molecule has 1 aromatic heterocycles. The molecule has 1 amide bonds. The zero-order valence-corrected chi connectivity index (χ0v) is 9.91. The number of carbonyl (C=O) groups is 1. The lowest BCUT2D eigenvalue weighted by Crippen LogP contribution is -2.36. The Hall–Kier alpha value is -1.63. The second kappa shape index (κ2) is 5.45. The molecule has 0 saturated carbocycles. The molecule has 0 bridgehead atoms. The number of nitrogens with two attached hydrogens (primary N) is 1. The Morgan fingerprint density at radius 2 is 2.50 bits per heavy atom. The molecular weight excluding hydrogens is 228 g/mol. The topological polar surface area (TPSA) is 101 Å². The largest absolute Gasteiger partial charge is 0.409 e. The van der Waals surface area contributed by atoms with E-state index in [0.717, 1.165) is 10.7 Å². The van der Waals surface area contributed by atoms with Gasteiger partial charge in [-0.05, 0) is 13.8 Å². The number of hydrogen-bond acceptors (Lipinski definition) is 5. The van der Waals surface area contributed by atoms with Gasteiger partial charge in [0, 0.05) is 11.1 Å². The third-order valence-electron chi connectivity index (χ3n) is 2.03. The number of aromatic nitrogens is 1. The molecular formula is C9H14N4O2S. The minimum absolute atomic E-state index is 0.104. The second-order valence-corrected chi connectivity index (χ2v) is 4.29. The molecule has 0 aromatic carbocycles. The molecule has 0 aliphatic heterocycles. The van der Waals surface area contributed by atoms with Gasteiger partial charge in [-0.1, -0.05) is 5.16 Å². The zero-order valence-electron chi connectivity index (χ0n) is 9.10. The Morgan fingerprint density at radius 3 is 3.00 bits per heavy atom. The first-order valence-electron chi connectivity index (χ1n) is 4.70. The van der Waals surface area contributed by atoms with E-state index in [4.69, 9.17) is 10.9 Å². The number of aryl methyl sites for hydroxylation is 1. The molecule has 1 rings (SSSR count). The van der Waals surface area contributed by atoms with Gasteiger partial charge in [-0.25, -0.2) is 4.98 Å². The van der Waals surface area contributed by atoms with Crippen LogP contribution in [0.25, 0.3) is 0 Å². The molecule has 4 N–H and O–H groups in total. The van der Waals surface area contributed by atoms with E-state index >= 15 is 0 Å². The number of rotatable bonds is 4. The van der Waals surface area contributed by atoms with Crippen molar-refractivity contribution in [3.05, 3.63) is 16.1 Å². The van der Waals surface area contributed by atoms with Gasteiger partial charge in [0.05, 0.1) is 12.5 Å². The highest BCUT2D eigenvalue weighted by Crippen LogP contribution is 2.08. The Labute approximate surface area is 97.2 Å². The highest BCUT2D eigenvalue weighted by atomic mass is 32.1. The normalized spacial score (nSPS) is 13.5. The van der Waals surface area contributed by atoms with Crippen LogP contribution in [0.2, 0.25) is 0 Å². The van der Waals surface area contributed by atoms with Crippen LogP contribution < -0.4 is 11.1 Å². The lowest BCUT2D eigenvalue weighted by atomic mass is 10.1. The molecule has 0 spiro atoms. The van der Waals surface area contributed by atoms with Crippen LogP contribution in [0.15, 0.2) is 10.5 Å². The number of carbonyl (C=O) groups excluding carboxylic acids is 1. The Morgan fingerprint density at radius 1 is 1.81 bits per heavy atom. The smallest absolute Gasteiger partial charge is 0.230 e. The highest BCUT2D eigenvalue weighted by Gasteiger charge is 2.17. The molecule has 0 radical (unpaired) electrons. The fraction of sp³-hybridized carbons (Fsp3) is 0.444. The van der Waals surface area contributed by atoms with Crippen molar-refractivity contribution in [1.29, 1.82) is 0 Å². The second-order valence-electron chi connectivity index (χ2n) is 3.35. The van der Waals surface area contributed by atoms with Gasteiger partial charge in [0.2, 0.25) is 5.91 Å². The SMILES string of the molecule is Cc1csc(CNC(=O)C(C)C(N)=NO)n1. The predicted molar refractivity (Wildman–Crippen MR) is 61.3 cm³/mol. The van der Waals surface area contributed by atoms with E-state index in [9.17, 15) is 4.79 Å². The van der Waals surface area contributed by atoms with Crippen LogP contribution in [0.3, 0.4) is 0 Å². The molecule has 0 aliphatic carbocycles. The van der Waals surface area contributed by atoms with Crippen molar-refractivity contribution in [3.8, 4) is 0 Å². The molecule has 7 heteroatoms. The minimum Gasteiger partial charge on any atom is -0.409 e. The maximum atomic E-state index is 11.5. The first-order chi connectivity index (χ1) is 7.54. The van der Waals surface area contributed by atoms with E-state index in [-0.39, 0.29) is 11.7 Å². The molecule has 88 valence electrons. The van der Waals surface area contributed by atoms with E-state index in [0.29, 0.717) is 6.54 Å². The van der Waals surface area contributed by atoms with E-state index in [1.807, 2.05) is 12.3 Å². The van der Waals surface area contributed by atoms with Gasteiger partial charge in [0.15, 0.2) is 5.84 Å². The van der Waals surface area contributed by atoms with Crippen LogP contribution in [-0.2, 0) is 11.3 Å². The summed E-state index contributed by atoms with van der Waals surface area (Å²) in [4.78, 5) is 15.7. The van der Waals surface area contributed by atoms with Gasteiger partial charge >= 0.3 is 0 Å². The number of amides is 1. The summed E-state index contributed by atoms with van der Waals surface area (Å²) in [7, 11) is 0. The van der Waals surface area contributed by atoms with Crippen LogP contribution in [0.4, 0.5) is 0 Å². The summed E-state index contributed by atoms with van der Waals surface area (Å²) in [6, 6.07) is 0. The summed E-state index contributed by atoms with van der Waals surface area (Å²) in [5.41, 5.74) is 6.25. The number of amidine groups is 1. The third-order valence-corrected chi connectivity index (χ3v) is 3.00. The van der Waals surface area contributed by atoms with E-state index in [1.54, 1.807) is 6.92 Å². The van der Waals surface area contributed by atoms with Gasteiger partial charge in [-0.2, -0.15) is 0 Å². The summed E-state index contributed by atoms with van der Waals surface area (Å²) in [5, 5.41) is 16.6. The lowest BCUT2D eigenvalue weighted by molar-refractivity contribution is -0.122. The van der Waals surface area contributed by atoms with Gasteiger partial charge in [0.1, 0.15) is 5.01 Å². The molecule has 0 fully saturated rings. The van der Waals surface area contributed by atoms with Crippen LogP contribution >= 0.6 is 11.3 Å². The van der Waals surface area contributed by atoms with Gasteiger partial charge in [-0.15, -0.1) is 11.3 Å². The average molecular weight is 242 g/mol. The maximum absolute atomic E-state index is 11.5. The molecule has 0 aliphatic rings. The fourth-order valence-corrected chi connectivity index (χ4v) is 1.73. The summed E-state index contributed by atoms with van der Waals surface area (Å²) >= 11 is 1.48. The number of thiazole rings is 1. The van der Waals surface area contributed by atoms with Gasteiger partial charge in [0.25, 0.3) is 0 Å². The number of nitrogens with zero attached hydrogens (tertiary/aromatic N) is 2. The first kappa shape index (κ1) is 12.4. The average Bonchev–Trinajstić information content (AvgIpc) is 2.69.